The molecule has 0 bridgehead atoms. The Hall–Kier alpha value is -1.62. The fraction of sp³-hybridized carbons (Fsp3) is 0.538. The van der Waals surface area contributed by atoms with Gasteiger partial charge >= 0.3 is 0 Å². The van der Waals surface area contributed by atoms with Crippen LogP contribution in [0.15, 0.2) is 18.6 Å². The van der Waals surface area contributed by atoms with Crippen molar-refractivity contribution in [1.29, 1.82) is 0 Å². The van der Waals surface area contributed by atoms with Crippen LogP contribution in [0.5, 0.6) is 0 Å². The van der Waals surface area contributed by atoms with E-state index in [1.54, 1.807) is 10.7 Å². The van der Waals surface area contributed by atoms with Crippen molar-refractivity contribution in [1.82, 2.24) is 19.5 Å². The number of likely N-dealkylation sites (tertiary alicyclic amines) is 1. The minimum atomic E-state index is 0.543. The lowest BCUT2D eigenvalue weighted by atomic mass is 10.0. The fourth-order valence-corrected chi connectivity index (χ4v) is 2.71. The van der Waals surface area contributed by atoms with Crippen molar-refractivity contribution < 1.29 is 0 Å². The van der Waals surface area contributed by atoms with Crippen LogP contribution in [0, 0.1) is 0 Å². The molecule has 96 valence electrons. The zero-order valence-corrected chi connectivity index (χ0v) is 10.9. The molecule has 2 aromatic heterocycles. The lowest BCUT2D eigenvalue weighted by molar-refractivity contribution is 0.272. The Labute approximate surface area is 107 Å². The zero-order chi connectivity index (χ0) is 12.7. The molecule has 0 aliphatic carbocycles. The molecule has 0 aromatic carbocycles. The molecule has 0 radical (unpaired) electrons. The van der Waals surface area contributed by atoms with Crippen LogP contribution in [0.4, 0.5) is 5.69 Å². The van der Waals surface area contributed by atoms with Gasteiger partial charge in [-0.2, -0.15) is 5.10 Å². The third kappa shape index (κ3) is 1.84. The van der Waals surface area contributed by atoms with Crippen molar-refractivity contribution in [2.45, 2.75) is 32.2 Å². The van der Waals surface area contributed by atoms with Gasteiger partial charge in [-0.25, -0.2) is 9.50 Å². The van der Waals surface area contributed by atoms with Gasteiger partial charge in [0.15, 0.2) is 5.65 Å². The molecule has 3 heterocycles. The van der Waals surface area contributed by atoms with E-state index >= 15 is 0 Å². The molecular formula is C13H19N5. The minimum absolute atomic E-state index is 0.543. The molecule has 1 fully saturated rings. The SMILES string of the molecule is CC(C)N1CCC(c2cnn3cc(N)cnc23)C1. The molecule has 2 N–H and O–H groups in total. The number of hydrogen-bond donors (Lipinski definition) is 1. The van der Waals surface area contributed by atoms with E-state index in [-0.39, 0.29) is 0 Å². The van der Waals surface area contributed by atoms with Crippen LogP contribution in [0.25, 0.3) is 5.65 Å². The van der Waals surface area contributed by atoms with E-state index in [9.17, 15) is 0 Å². The quantitative estimate of drug-likeness (QED) is 0.871. The summed E-state index contributed by atoms with van der Waals surface area (Å²) >= 11 is 0. The van der Waals surface area contributed by atoms with E-state index < -0.39 is 0 Å². The Balaban J connectivity index is 1.91. The van der Waals surface area contributed by atoms with E-state index in [4.69, 9.17) is 5.73 Å². The minimum Gasteiger partial charge on any atom is -0.396 e. The molecule has 1 atom stereocenters. The average molecular weight is 245 g/mol. The highest BCUT2D eigenvalue weighted by atomic mass is 15.2. The number of fused-ring (bicyclic) bond motifs is 1. The molecule has 2 aromatic rings. The summed E-state index contributed by atoms with van der Waals surface area (Å²) in [7, 11) is 0. The Morgan fingerprint density at radius 3 is 2.94 bits per heavy atom. The standard InChI is InChI=1S/C13H19N5/c1-9(2)17-4-3-10(7-17)12-6-16-18-8-11(14)5-15-13(12)18/h5-6,8-10H,3-4,7,14H2,1-2H3. The number of nitrogen functional groups attached to an aromatic ring is 1. The molecular weight excluding hydrogens is 226 g/mol. The maximum atomic E-state index is 5.72. The van der Waals surface area contributed by atoms with Crippen LogP contribution in [0.1, 0.15) is 31.7 Å². The van der Waals surface area contributed by atoms with Gasteiger partial charge in [0.05, 0.1) is 24.3 Å². The molecule has 1 aliphatic heterocycles. The summed E-state index contributed by atoms with van der Waals surface area (Å²) < 4.78 is 1.78. The lowest BCUT2D eigenvalue weighted by Gasteiger charge is -2.19. The van der Waals surface area contributed by atoms with Gasteiger partial charge in [-0.05, 0) is 26.8 Å². The van der Waals surface area contributed by atoms with E-state index in [0.29, 0.717) is 17.6 Å². The molecule has 1 saturated heterocycles. The topological polar surface area (TPSA) is 59.5 Å². The van der Waals surface area contributed by atoms with Crippen molar-refractivity contribution in [2.75, 3.05) is 18.8 Å². The molecule has 5 nitrogen and oxygen atoms in total. The second-order valence-electron chi connectivity index (χ2n) is 5.33. The summed E-state index contributed by atoms with van der Waals surface area (Å²) in [6.45, 7) is 6.76. The summed E-state index contributed by atoms with van der Waals surface area (Å²) in [5, 5.41) is 4.35. The van der Waals surface area contributed by atoms with Gasteiger partial charge in [-0.3, -0.25) is 0 Å². The highest BCUT2D eigenvalue weighted by Gasteiger charge is 2.27. The first-order valence-electron chi connectivity index (χ1n) is 6.48. The zero-order valence-electron chi connectivity index (χ0n) is 10.9. The fourth-order valence-electron chi connectivity index (χ4n) is 2.71. The number of aromatic nitrogens is 3. The Morgan fingerprint density at radius 2 is 2.22 bits per heavy atom. The predicted molar refractivity (Wildman–Crippen MR) is 71.5 cm³/mol. The van der Waals surface area contributed by atoms with Gasteiger partial charge in [0.2, 0.25) is 0 Å². The monoisotopic (exact) mass is 245 g/mol. The summed E-state index contributed by atoms with van der Waals surface area (Å²) in [5.41, 5.74) is 8.56. The Kier molecular flexibility index (Phi) is 2.70. The van der Waals surface area contributed by atoms with Crippen molar-refractivity contribution in [2.24, 2.45) is 0 Å². The molecule has 0 saturated carbocycles. The average Bonchev–Trinajstić information content (AvgIpc) is 2.92. The number of hydrogen-bond acceptors (Lipinski definition) is 4. The van der Waals surface area contributed by atoms with Crippen molar-refractivity contribution in [3.63, 3.8) is 0 Å². The molecule has 3 rings (SSSR count). The van der Waals surface area contributed by atoms with Crippen LogP contribution in [0.2, 0.25) is 0 Å². The van der Waals surface area contributed by atoms with Crippen LogP contribution < -0.4 is 5.73 Å². The number of nitrogens with zero attached hydrogens (tertiary/aromatic N) is 4. The van der Waals surface area contributed by atoms with Gasteiger partial charge in [0.25, 0.3) is 0 Å². The molecule has 18 heavy (non-hydrogen) atoms. The van der Waals surface area contributed by atoms with E-state index in [0.717, 1.165) is 18.7 Å². The molecule has 5 heteroatoms. The normalized spacial score (nSPS) is 21.2. The second kappa shape index (κ2) is 4.24. The first kappa shape index (κ1) is 11.5. The molecule has 1 unspecified atom stereocenters. The first-order valence-corrected chi connectivity index (χ1v) is 6.48. The third-order valence-corrected chi connectivity index (χ3v) is 3.79. The highest BCUT2D eigenvalue weighted by Crippen LogP contribution is 2.30. The molecule has 1 aliphatic rings. The number of rotatable bonds is 2. The van der Waals surface area contributed by atoms with Gasteiger partial charge in [0, 0.05) is 24.1 Å². The maximum absolute atomic E-state index is 5.72. The number of anilines is 1. The van der Waals surface area contributed by atoms with Crippen molar-refractivity contribution >= 4 is 11.3 Å². The third-order valence-electron chi connectivity index (χ3n) is 3.79. The second-order valence-corrected chi connectivity index (χ2v) is 5.33. The molecule has 0 spiro atoms. The van der Waals surface area contributed by atoms with E-state index in [1.807, 2.05) is 12.4 Å². The first-order chi connectivity index (χ1) is 8.65. The van der Waals surface area contributed by atoms with E-state index in [1.165, 1.54) is 12.0 Å². The lowest BCUT2D eigenvalue weighted by Crippen LogP contribution is -2.27. The largest absolute Gasteiger partial charge is 0.396 e. The van der Waals surface area contributed by atoms with Crippen molar-refractivity contribution in [3.05, 3.63) is 24.2 Å². The van der Waals surface area contributed by atoms with Crippen LogP contribution in [0.3, 0.4) is 0 Å². The van der Waals surface area contributed by atoms with Crippen LogP contribution in [-0.2, 0) is 0 Å². The van der Waals surface area contributed by atoms with Gasteiger partial charge in [0.1, 0.15) is 0 Å². The van der Waals surface area contributed by atoms with Gasteiger partial charge in [-0.1, -0.05) is 0 Å². The van der Waals surface area contributed by atoms with Crippen LogP contribution in [-0.4, -0.2) is 38.6 Å². The van der Waals surface area contributed by atoms with E-state index in [2.05, 4.69) is 28.8 Å². The van der Waals surface area contributed by atoms with Gasteiger partial charge < -0.3 is 10.6 Å². The predicted octanol–water partition coefficient (Wildman–Crippen LogP) is 1.51. The Morgan fingerprint density at radius 1 is 1.39 bits per heavy atom. The summed E-state index contributed by atoms with van der Waals surface area (Å²) in [6, 6.07) is 0.612. The van der Waals surface area contributed by atoms with Crippen molar-refractivity contribution in [3.8, 4) is 0 Å². The maximum Gasteiger partial charge on any atom is 0.158 e. The summed E-state index contributed by atoms with van der Waals surface area (Å²) in [6.07, 6.45) is 6.65. The Bertz CT molecular complexity index is 560. The van der Waals surface area contributed by atoms with Gasteiger partial charge in [-0.15, -0.1) is 0 Å². The summed E-state index contributed by atoms with van der Waals surface area (Å²) in [4.78, 5) is 6.92. The van der Waals surface area contributed by atoms with Crippen LogP contribution >= 0.6 is 0 Å². The smallest absolute Gasteiger partial charge is 0.158 e. The highest BCUT2D eigenvalue weighted by molar-refractivity contribution is 5.51. The number of nitrogens with two attached hydrogens (primary N) is 1. The summed E-state index contributed by atoms with van der Waals surface area (Å²) in [5.74, 6) is 0.543. The molecule has 0 amide bonds.